The Balaban J connectivity index is 2.06. The highest BCUT2D eigenvalue weighted by Gasteiger charge is 2.13. The molecule has 5 nitrogen and oxygen atoms in total. The van der Waals surface area contributed by atoms with Gasteiger partial charge in [0.15, 0.2) is 5.82 Å². The van der Waals surface area contributed by atoms with Crippen LogP contribution in [-0.2, 0) is 0 Å². The third-order valence-electron chi connectivity index (χ3n) is 4.26. The number of phenols is 1. The minimum absolute atomic E-state index is 0.0564. The molecule has 0 aliphatic rings. The second-order valence-corrected chi connectivity index (χ2v) is 6.40. The Bertz CT molecular complexity index is 880. The molecule has 0 unspecified atom stereocenters. The molecule has 26 heavy (non-hydrogen) atoms. The van der Waals surface area contributed by atoms with E-state index in [1.54, 1.807) is 6.07 Å². The van der Waals surface area contributed by atoms with Gasteiger partial charge < -0.3 is 16.2 Å². The van der Waals surface area contributed by atoms with Gasteiger partial charge in [0.05, 0.1) is 11.3 Å². The molecule has 0 saturated carbocycles. The molecule has 134 valence electrons. The van der Waals surface area contributed by atoms with Crippen molar-refractivity contribution in [3.05, 3.63) is 60.2 Å². The van der Waals surface area contributed by atoms with Gasteiger partial charge in [-0.2, -0.15) is 0 Å². The maximum Gasteiger partial charge on any atom is 0.165 e. The van der Waals surface area contributed by atoms with Crippen molar-refractivity contribution in [2.24, 2.45) is 5.73 Å². The van der Waals surface area contributed by atoms with Crippen molar-refractivity contribution in [2.45, 2.75) is 26.3 Å². The first-order chi connectivity index (χ1) is 12.6. The van der Waals surface area contributed by atoms with Gasteiger partial charge in [-0.25, -0.2) is 9.97 Å². The monoisotopic (exact) mass is 348 g/mol. The molecule has 3 rings (SSSR count). The lowest BCUT2D eigenvalue weighted by Crippen LogP contribution is -2.28. The summed E-state index contributed by atoms with van der Waals surface area (Å²) in [7, 11) is 0. The minimum atomic E-state index is 0.0564. The first-order valence-corrected chi connectivity index (χ1v) is 8.80. The van der Waals surface area contributed by atoms with Crippen LogP contribution in [0.5, 0.6) is 5.75 Å². The fourth-order valence-corrected chi connectivity index (χ4v) is 2.62. The predicted octanol–water partition coefficient (Wildman–Crippen LogP) is 3.97. The van der Waals surface area contributed by atoms with E-state index in [1.165, 1.54) is 0 Å². The largest absolute Gasteiger partial charge is 0.507 e. The highest BCUT2D eigenvalue weighted by atomic mass is 16.3. The topological polar surface area (TPSA) is 84.1 Å². The van der Waals surface area contributed by atoms with Crippen LogP contribution in [0.3, 0.4) is 0 Å². The molecular formula is C21H24N4O. The number of aromatic hydroxyl groups is 1. The van der Waals surface area contributed by atoms with Gasteiger partial charge in [0.1, 0.15) is 11.6 Å². The van der Waals surface area contributed by atoms with E-state index < -0.39 is 0 Å². The molecule has 0 spiro atoms. The molecule has 0 saturated heterocycles. The Hall–Kier alpha value is -2.92. The summed E-state index contributed by atoms with van der Waals surface area (Å²) in [5, 5.41) is 13.6. The second-order valence-electron chi connectivity index (χ2n) is 6.40. The van der Waals surface area contributed by atoms with Crippen LogP contribution >= 0.6 is 0 Å². The molecule has 0 aliphatic heterocycles. The Morgan fingerprint density at radius 1 is 1.08 bits per heavy atom. The predicted molar refractivity (Wildman–Crippen MR) is 106 cm³/mol. The molecule has 0 bridgehead atoms. The van der Waals surface area contributed by atoms with Crippen LogP contribution in [0.25, 0.3) is 22.6 Å². The lowest BCUT2D eigenvalue weighted by atomic mass is 10.1. The van der Waals surface area contributed by atoms with Gasteiger partial charge in [-0.15, -0.1) is 0 Å². The highest BCUT2D eigenvalue weighted by molar-refractivity contribution is 5.70. The van der Waals surface area contributed by atoms with E-state index in [2.05, 4.69) is 22.2 Å². The number of rotatable bonds is 6. The average molecular weight is 348 g/mol. The number of nitrogens with one attached hydrogen (secondary N) is 1. The molecule has 1 heterocycles. The van der Waals surface area contributed by atoms with Gasteiger partial charge in [-0.05, 0) is 25.5 Å². The summed E-state index contributed by atoms with van der Waals surface area (Å²) in [6, 6.07) is 17.3. The zero-order valence-electron chi connectivity index (χ0n) is 15.1. The molecule has 4 N–H and O–H groups in total. The molecule has 5 heteroatoms. The summed E-state index contributed by atoms with van der Waals surface area (Å²) in [6.45, 7) is 4.66. The van der Waals surface area contributed by atoms with E-state index in [1.807, 2.05) is 55.5 Å². The number of aryl methyl sites for hydroxylation is 1. The molecular weight excluding hydrogens is 324 g/mol. The number of nitrogens with two attached hydrogens (primary N) is 1. The van der Waals surface area contributed by atoms with Gasteiger partial charge in [0.2, 0.25) is 0 Å². The number of aromatic nitrogens is 2. The molecule has 2 aromatic carbocycles. The van der Waals surface area contributed by atoms with Crippen LogP contribution in [-0.4, -0.2) is 27.7 Å². The van der Waals surface area contributed by atoms with Crippen LogP contribution in [0.1, 0.15) is 18.9 Å². The molecule has 0 fully saturated rings. The average Bonchev–Trinajstić information content (AvgIpc) is 2.68. The number of benzene rings is 2. The summed E-state index contributed by atoms with van der Waals surface area (Å²) >= 11 is 0. The third-order valence-corrected chi connectivity index (χ3v) is 4.26. The maximum absolute atomic E-state index is 10.3. The first kappa shape index (κ1) is 17.9. The van der Waals surface area contributed by atoms with Crippen LogP contribution in [0.2, 0.25) is 0 Å². The van der Waals surface area contributed by atoms with E-state index in [9.17, 15) is 5.11 Å². The fraction of sp³-hybridized carbons (Fsp3) is 0.238. The minimum Gasteiger partial charge on any atom is -0.507 e. The zero-order valence-corrected chi connectivity index (χ0v) is 15.1. The number of hydrogen-bond donors (Lipinski definition) is 3. The lowest BCUT2D eigenvalue weighted by Gasteiger charge is -2.14. The molecule has 1 atom stereocenters. The summed E-state index contributed by atoms with van der Waals surface area (Å²) in [5.74, 6) is 1.34. The van der Waals surface area contributed by atoms with Crippen LogP contribution in [0.15, 0.2) is 54.6 Å². The Morgan fingerprint density at radius 2 is 1.85 bits per heavy atom. The summed E-state index contributed by atoms with van der Waals surface area (Å²) < 4.78 is 0. The van der Waals surface area contributed by atoms with Gasteiger partial charge in [-0.1, -0.05) is 48.9 Å². The number of hydrogen-bond acceptors (Lipinski definition) is 5. The van der Waals surface area contributed by atoms with Gasteiger partial charge in [0, 0.05) is 24.2 Å². The van der Waals surface area contributed by atoms with Crippen molar-refractivity contribution < 1.29 is 5.11 Å². The van der Waals surface area contributed by atoms with Crippen molar-refractivity contribution in [3.63, 3.8) is 0 Å². The van der Waals surface area contributed by atoms with Crippen molar-refractivity contribution in [3.8, 4) is 28.4 Å². The third kappa shape index (κ3) is 4.18. The van der Waals surface area contributed by atoms with Crippen LogP contribution in [0.4, 0.5) is 5.82 Å². The van der Waals surface area contributed by atoms with E-state index in [4.69, 9.17) is 5.73 Å². The van der Waals surface area contributed by atoms with E-state index >= 15 is 0 Å². The normalized spacial score (nSPS) is 12.0. The van der Waals surface area contributed by atoms with Crippen molar-refractivity contribution >= 4 is 5.82 Å². The maximum atomic E-state index is 10.3. The summed E-state index contributed by atoms with van der Waals surface area (Å²) in [6.07, 6.45) is 0.884. The van der Waals surface area contributed by atoms with Gasteiger partial charge in [-0.3, -0.25) is 0 Å². The van der Waals surface area contributed by atoms with Crippen molar-refractivity contribution in [1.29, 1.82) is 0 Å². The fourth-order valence-electron chi connectivity index (χ4n) is 2.62. The SMILES string of the molecule is CC[C@@H](N)CNc1cc(-c2ccccc2)nc(-c2cc(C)ccc2O)n1. The van der Waals surface area contributed by atoms with Crippen LogP contribution < -0.4 is 11.1 Å². The quantitative estimate of drug-likeness (QED) is 0.628. The van der Waals surface area contributed by atoms with Crippen LogP contribution in [0, 0.1) is 6.92 Å². The van der Waals surface area contributed by atoms with E-state index in [0.717, 1.165) is 23.2 Å². The molecule has 1 aromatic heterocycles. The lowest BCUT2D eigenvalue weighted by molar-refractivity contribution is 0.476. The second kappa shape index (κ2) is 7.97. The summed E-state index contributed by atoms with van der Waals surface area (Å²) in [5.41, 5.74) is 9.46. The van der Waals surface area contributed by atoms with Crippen molar-refractivity contribution in [2.75, 3.05) is 11.9 Å². The van der Waals surface area contributed by atoms with Gasteiger partial charge in [0.25, 0.3) is 0 Å². The summed E-state index contributed by atoms with van der Waals surface area (Å²) in [4.78, 5) is 9.28. The van der Waals surface area contributed by atoms with Crippen molar-refractivity contribution in [1.82, 2.24) is 9.97 Å². The standard InChI is InChI=1S/C21H24N4O/c1-3-16(22)13-23-20-12-18(15-7-5-4-6-8-15)24-21(25-20)17-11-14(2)9-10-19(17)26/h4-12,16,26H,3,13,22H2,1-2H3,(H,23,24,25)/t16-/m1/s1. The molecule has 3 aromatic rings. The highest BCUT2D eigenvalue weighted by Crippen LogP contribution is 2.30. The molecule has 0 amide bonds. The Labute approximate surface area is 153 Å². The van der Waals surface area contributed by atoms with E-state index in [-0.39, 0.29) is 11.8 Å². The molecule has 0 radical (unpaired) electrons. The number of phenolic OH excluding ortho intramolecular Hbond substituents is 1. The smallest absolute Gasteiger partial charge is 0.165 e. The Kier molecular flexibility index (Phi) is 5.49. The zero-order chi connectivity index (χ0) is 18.5. The first-order valence-electron chi connectivity index (χ1n) is 8.80. The van der Waals surface area contributed by atoms with E-state index in [0.29, 0.717) is 23.8 Å². The van der Waals surface area contributed by atoms with Gasteiger partial charge >= 0.3 is 0 Å². The Morgan fingerprint density at radius 3 is 2.58 bits per heavy atom. The number of nitrogens with zero attached hydrogens (tertiary/aromatic N) is 2. The number of anilines is 1. The molecule has 0 aliphatic carbocycles.